The molecular weight excluding hydrogens is 392 g/mol. The van der Waals surface area contributed by atoms with Crippen LogP contribution in [-0.2, 0) is 16.4 Å². The van der Waals surface area contributed by atoms with Crippen molar-refractivity contribution in [3.63, 3.8) is 0 Å². The van der Waals surface area contributed by atoms with Crippen LogP contribution in [0, 0.1) is 13.8 Å². The van der Waals surface area contributed by atoms with Gasteiger partial charge in [0.15, 0.2) is 0 Å². The van der Waals surface area contributed by atoms with E-state index in [0.717, 1.165) is 17.7 Å². The van der Waals surface area contributed by atoms with E-state index in [9.17, 15) is 13.2 Å². The molecule has 0 fully saturated rings. The van der Waals surface area contributed by atoms with Crippen molar-refractivity contribution in [2.45, 2.75) is 45.1 Å². The maximum Gasteiger partial charge on any atom is 0.255 e. The molecule has 0 aliphatic carbocycles. The Labute approximate surface area is 171 Å². The van der Waals surface area contributed by atoms with Crippen LogP contribution in [0.3, 0.4) is 0 Å². The Morgan fingerprint density at radius 2 is 1.97 bits per heavy atom. The quantitative estimate of drug-likeness (QED) is 0.751. The van der Waals surface area contributed by atoms with Crippen LogP contribution in [0.5, 0.6) is 11.5 Å². The van der Waals surface area contributed by atoms with E-state index in [1.165, 1.54) is 13.1 Å². The minimum atomic E-state index is -3.69. The maximum atomic E-state index is 12.9. The Morgan fingerprint density at radius 3 is 2.62 bits per heavy atom. The highest BCUT2D eigenvalue weighted by Gasteiger charge is 2.24. The second-order valence-corrected chi connectivity index (χ2v) is 8.95. The largest absolute Gasteiger partial charge is 0.492 e. The predicted octanol–water partition coefficient (Wildman–Crippen LogP) is 3.19. The summed E-state index contributed by atoms with van der Waals surface area (Å²) in [6.07, 6.45) is 0.853. The van der Waals surface area contributed by atoms with Crippen molar-refractivity contribution in [3.8, 4) is 11.5 Å². The van der Waals surface area contributed by atoms with Crippen LogP contribution >= 0.6 is 0 Å². The molecule has 0 radical (unpaired) electrons. The smallest absolute Gasteiger partial charge is 0.255 e. The molecule has 0 saturated carbocycles. The Bertz CT molecular complexity index is 1060. The normalized spacial score (nSPS) is 15.6. The number of hydrogen-bond acceptors (Lipinski definition) is 5. The summed E-state index contributed by atoms with van der Waals surface area (Å²) in [4.78, 5) is 13.0. The maximum absolute atomic E-state index is 12.9. The van der Waals surface area contributed by atoms with Gasteiger partial charge < -0.3 is 14.8 Å². The van der Waals surface area contributed by atoms with Gasteiger partial charge in [-0.25, -0.2) is 13.1 Å². The van der Waals surface area contributed by atoms with Crippen molar-refractivity contribution < 1.29 is 22.7 Å². The van der Waals surface area contributed by atoms with E-state index in [1.807, 2.05) is 19.9 Å². The molecule has 29 heavy (non-hydrogen) atoms. The summed E-state index contributed by atoms with van der Waals surface area (Å²) in [5, 5.41) is 2.84. The molecule has 1 aliphatic heterocycles. The second kappa shape index (κ2) is 8.04. The van der Waals surface area contributed by atoms with Crippen LogP contribution in [0.4, 0.5) is 5.69 Å². The summed E-state index contributed by atoms with van der Waals surface area (Å²) in [6, 6.07) is 6.70. The van der Waals surface area contributed by atoms with Crippen molar-refractivity contribution in [3.05, 3.63) is 46.5 Å². The zero-order valence-corrected chi connectivity index (χ0v) is 18.1. The number of anilines is 1. The number of fused-ring (bicyclic) bond motifs is 1. The van der Waals surface area contributed by atoms with E-state index in [-0.39, 0.29) is 16.6 Å². The van der Waals surface area contributed by atoms with Crippen molar-refractivity contribution in [1.29, 1.82) is 0 Å². The number of aryl methyl sites for hydroxylation is 1. The van der Waals surface area contributed by atoms with Crippen molar-refractivity contribution in [1.82, 2.24) is 4.72 Å². The highest BCUT2D eigenvalue weighted by Crippen LogP contribution is 2.38. The van der Waals surface area contributed by atoms with Gasteiger partial charge >= 0.3 is 0 Å². The molecule has 0 aromatic heterocycles. The Hall–Kier alpha value is -2.58. The molecule has 0 bridgehead atoms. The second-order valence-electron chi connectivity index (χ2n) is 7.10. The minimum absolute atomic E-state index is 0.0690. The number of benzene rings is 2. The number of nitrogens with one attached hydrogen (secondary N) is 2. The summed E-state index contributed by atoms with van der Waals surface area (Å²) in [5.74, 6) is 0.853. The summed E-state index contributed by atoms with van der Waals surface area (Å²) in [5.41, 5.74) is 3.08. The third-order valence-corrected chi connectivity index (χ3v) is 6.53. The summed E-state index contributed by atoms with van der Waals surface area (Å²) in [7, 11) is -2.34. The Balaban J connectivity index is 1.98. The molecule has 1 atom stereocenters. The van der Waals surface area contributed by atoms with Crippen molar-refractivity contribution in [2.75, 3.05) is 19.0 Å². The number of hydrogen-bond donors (Lipinski definition) is 2. The predicted molar refractivity (Wildman–Crippen MR) is 112 cm³/mol. The molecule has 0 saturated heterocycles. The number of sulfonamides is 1. The van der Waals surface area contributed by atoms with Crippen LogP contribution in [0.1, 0.15) is 40.9 Å². The van der Waals surface area contributed by atoms with E-state index < -0.39 is 15.9 Å². The lowest BCUT2D eigenvalue weighted by molar-refractivity contribution is 0.102. The van der Waals surface area contributed by atoms with Gasteiger partial charge in [-0.15, -0.1) is 0 Å². The van der Waals surface area contributed by atoms with Crippen molar-refractivity contribution >= 4 is 21.6 Å². The molecule has 1 aliphatic rings. The van der Waals surface area contributed by atoms with Crippen LogP contribution < -0.4 is 19.5 Å². The lowest BCUT2D eigenvalue weighted by Gasteiger charge is -2.15. The van der Waals surface area contributed by atoms with E-state index in [4.69, 9.17) is 9.47 Å². The third kappa shape index (κ3) is 4.23. The topological polar surface area (TPSA) is 93.7 Å². The molecule has 8 heteroatoms. The monoisotopic (exact) mass is 418 g/mol. The van der Waals surface area contributed by atoms with Gasteiger partial charge in [0.05, 0.1) is 17.2 Å². The third-order valence-electron chi connectivity index (χ3n) is 4.99. The molecule has 1 amide bonds. The zero-order valence-electron chi connectivity index (χ0n) is 17.3. The SMILES string of the molecule is CCOc1cc2c(cc1NC(=O)c1cc(C)c(C)c(S(=O)(=O)NC)c1)OC(C)C2. The Kier molecular flexibility index (Phi) is 5.86. The number of ether oxygens (including phenoxy) is 2. The first kappa shape index (κ1) is 21.1. The van der Waals surface area contributed by atoms with Crippen LogP contribution in [-0.4, -0.2) is 34.1 Å². The standard InChI is InChI=1S/C21H26N2O5S/c1-6-27-19-9-15-8-13(3)28-18(15)11-17(19)23-21(24)16-7-12(2)14(4)20(10-16)29(25,26)22-5/h7,9-11,13,22H,6,8H2,1-5H3,(H,23,24). The van der Waals surface area contributed by atoms with Gasteiger partial charge in [-0.1, -0.05) is 0 Å². The van der Waals surface area contributed by atoms with Crippen LogP contribution in [0.2, 0.25) is 0 Å². The molecule has 1 unspecified atom stereocenters. The van der Waals surface area contributed by atoms with Gasteiger partial charge in [-0.05, 0) is 64.1 Å². The van der Waals surface area contributed by atoms with Crippen LogP contribution in [0.15, 0.2) is 29.2 Å². The Morgan fingerprint density at radius 1 is 1.24 bits per heavy atom. The van der Waals surface area contributed by atoms with E-state index in [0.29, 0.717) is 29.2 Å². The van der Waals surface area contributed by atoms with Gasteiger partial charge in [-0.3, -0.25) is 4.79 Å². The number of amides is 1. The van der Waals surface area contributed by atoms with Gasteiger partial charge in [0, 0.05) is 23.6 Å². The fourth-order valence-corrected chi connectivity index (χ4v) is 4.42. The lowest BCUT2D eigenvalue weighted by atomic mass is 10.1. The first-order chi connectivity index (χ1) is 13.7. The van der Waals surface area contributed by atoms with Gasteiger partial charge in [0.1, 0.15) is 17.6 Å². The van der Waals surface area contributed by atoms with E-state index in [2.05, 4.69) is 10.0 Å². The molecule has 2 N–H and O–H groups in total. The lowest BCUT2D eigenvalue weighted by Crippen LogP contribution is -2.21. The average Bonchev–Trinajstić information content (AvgIpc) is 3.02. The number of rotatable bonds is 6. The zero-order chi connectivity index (χ0) is 21.3. The molecule has 2 aromatic carbocycles. The number of carbonyl (C=O) groups excluding carboxylic acids is 1. The first-order valence-electron chi connectivity index (χ1n) is 9.48. The highest BCUT2D eigenvalue weighted by atomic mass is 32.2. The van der Waals surface area contributed by atoms with Crippen LogP contribution in [0.25, 0.3) is 0 Å². The molecule has 3 rings (SSSR count). The fourth-order valence-electron chi connectivity index (χ4n) is 3.35. The fraction of sp³-hybridized carbons (Fsp3) is 0.381. The molecule has 1 heterocycles. The molecule has 2 aromatic rings. The number of carbonyl (C=O) groups is 1. The van der Waals surface area contributed by atoms with E-state index >= 15 is 0 Å². The summed E-state index contributed by atoms with van der Waals surface area (Å²) >= 11 is 0. The minimum Gasteiger partial charge on any atom is -0.492 e. The van der Waals surface area contributed by atoms with Gasteiger partial charge in [0.25, 0.3) is 5.91 Å². The van der Waals surface area contributed by atoms with Gasteiger partial charge in [0.2, 0.25) is 10.0 Å². The molecular formula is C21H26N2O5S. The first-order valence-corrected chi connectivity index (χ1v) is 11.0. The summed E-state index contributed by atoms with van der Waals surface area (Å²) in [6.45, 7) is 7.80. The molecule has 156 valence electrons. The average molecular weight is 419 g/mol. The van der Waals surface area contributed by atoms with E-state index in [1.54, 1.807) is 26.0 Å². The highest BCUT2D eigenvalue weighted by molar-refractivity contribution is 7.89. The molecule has 0 spiro atoms. The summed E-state index contributed by atoms with van der Waals surface area (Å²) < 4.78 is 38.4. The van der Waals surface area contributed by atoms with Gasteiger partial charge in [-0.2, -0.15) is 0 Å². The molecule has 7 nitrogen and oxygen atoms in total. The van der Waals surface area contributed by atoms with Crippen molar-refractivity contribution in [2.24, 2.45) is 0 Å².